The Bertz CT molecular complexity index is 1210. The number of fused-ring (bicyclic) bond motifs is 1. The lowest BCUT2D eigenvalue weighted by atomic mass is 9.95. The second kappa shape index (κ2) is 12.5. The fourth-order valence-electron chi connectivity index (χ4n) is 5.04. The van der Waals surface area contributed by atoms with E-state index in [1.165, 1.54) is 11.3 Å². The van der Waals surface area contributed by atoms with E-state index in [4.69, 9.17) is 9.47 Å². The molecule has 1 atom stereocenters. The topological polar surface area (TPSA) is 105 Å². The van der Waals surface area contributed by atoms with Gasteiger partial charge in [-0.3, -0.25) is 13.9 Å². The summed E-state index contributed by atoms with van der Waals surface area (Å²) in [6.07, 6.45) is 6.65. The van der Waals surface area contributed by atoms with Gasteiger partial charge in [-0.25, -0.2) is 8.42 Å². The van der Waals surface area contributed by atoms with Gasteiger partial charge in [-0.1, -0.05) is 56.5 Å². The van der Waals surface area contributed by atoms with Gasteiger partial charge in [0.25, 0.3) is 0 Å². The van der Waals surface area contributed by atoms with Crippen LogP contribution < -0.4 is 19.1 Å². The SMILES string of the molecule is CC[C@H](C(=O)NC1CCCCC1)N(Cc1ccccc1)C(=O)CN(c1ccc2c(c1)OCCO2)S(C)(=O)=O. The molecule has 2 aliphatic rings. The first-order valence-electron chi connectivity index (χ1n) is 13.3. The van der Waals surface area contributed by atoms with Gasteiger partial charge in [-0.2, -0.15) is 0 Å². The number of amides is 2. The Labute approximate surface area is 225 Å². The molecule has 10 heteroatoms. The number of nitrogens with one attached hydrogen (secondary N) is 1. The summed E-state index contributed by atoms with van der Waals surface area (Å²) < 4.78 is 37.9. The van der Waals surface area contributed by atoms with Crippen LogP contribution in [0.25, 0.3) is 0 Å². The van der Waals surface area contributed by atoms with E-state index in [-0.39, 0.29) is 18.5 Å². The predicted molar refractivity (Wildman–Crippen MR) is 146 cm³/mol. The smallest absolute Gasteiger partial charge is 0.244 e. The summed E-state index contributed by atoms with van der Waals surface area (Å²) in [5, 5.41) is 3.15. The summed E-state index contributed by atoms with van der Waals surface area (Å²) in [7, 11) is -3.83. The zero-order valence-corrected chi connectivity index (χ0v) is 22.9. The molecule has 1 N–H and O–H groups in total. The summed E-state index contributed by atoms with van der Waals surface area (Å²) in [6, 6.07) is 13.6. The zero-order valence-electron chi connectivity index (χ0n) is 22.1. The molecule has 4 rings (SSSR count). The van der Waals surface area contributed by atoms with E-state index in [0.29, 0.717) is 36.8 Å². The summed E-state index contributed by atoms with van der Waals surface area (Å²) in [6.45, 7) is 2.38. The summed E-state index contributed by atoms with van der Waals surface area (Å²) in [5.74, 6) is 0.291. The number of hydrogen-bond donors (Lipinski definition) is 1. The van der Waals surface area contributed by atoms with Crippen LogP contribution in [0.2, 0.25) is 0 Å². The van der Waals surface area contributed by atoms with Crippen molar-refractivity contribution in [1.29, 1.82) is 0 Å². The average Bonchev–Trinajstić information content (AvgIpc) is 2.91. The maximum atomic E-state index is 13.8. The van der Waals surface area contributed by atoms with Gasteiger partial charge in [0.2, 0.25) is 21.8 Å². The fraction of sp³-hybridized carbons (Fsp3) is 0.500. The highest BCUT2D eigenvalue weighted by Crippen LogP contribution is 2.34. The molecular weight excluding hydrogens is 506 g/mol. The standard InChI is InChI=1S/C28H37N3O6S/c1-3-24(28(33)29-22-12-8-5-9-13-22)30(19-21-10-6-4-7-11-21)27(32)20-31(38(2,34)35)23-14-15-25-26(18-23)37-17-16-36-25/h4,6-7,10-11,14-15,18,22,24H,3,5,8-9,12-13,16-17,19-20H2,1-2H3,(H,29,33)/t24-/m1/s1. The van der Waals surface area contributed by atoms with Gasteiger partial charge in [0, 0.05) is 18.7 Å². The lowest BCUT2D eigenvalue weighted by molar-refractivity contribution is -0.140. The Morgan fingerprint density at radius 2 is 1.68 bits per heavy atom. The molecule has 2 amide bonds. The van der Waals surface area contributed by atoms with Crippen LogP contribution in [0.4, 0.5) is 5.69 Å². The number of anilines is 1. The molecule has 1 aliphatic carbocycles. The Morgan fingerprint density at radius 3 is 2.34 bits per heavy atom. The fourth-order valence-corrected chi connectivity index (χ4v) is 5.89. The van der Waals surface area contributed by atoms with Crippen molar-refractivity contribution < 1.29 is 27.5 Å². The molecule has 9 nitrogen and oxygen atoms in total. The number of sulfonamides is 1. The van der Waals surface area contributed by atoms with E-state index in [0.717, 1.165) is 41.8 Å². The number of benzene rings is 2. The Hall–Kier alpha value is -3.27. The minimum atomic E-state index is -3.83. The number of ether oxygens (including phenoxy) is 2. The minimum Gasteiger partial charge on any atom is -0.486 e. The maximum absolute atomic E-state index is 13.8. The van der Waals surface area contributed by atoms with E-state index in [1.54, 1.807) is 18.2 Å². The Morgan fingerprint density at radius 1 is 1.00 bits per heavy atom. The van der Waals surface area contributed by atoms with Gasteiger partial charge in [0.1, 0.15) is 25.8 Å². The average molecular weight is 544 g/mol. The van der Waals surface area contributed by atoms with Crippen molar-refractivity contribution >= 4 is 27.5 Å². The van der Waals surface area contributed by atoms with Gasteiger partial charge in [0.15, 0.2) is 11.5 Å². The molecular formula is C28H37N3O6S. The maximum Gasteiger partial charge on any atom is 0.244 e. The molecule has 0 bridgehead atoms. The molecule has 0 saturated heterocycles. The van der Waals surface area contributed by atoms with Crippen LogP contribution in [0, 0.1) is 0 Å². The third-order valence-electron chi connectivity index (χ3n) is 7.03. The van der Waals surface area contributed by atoms with E-state index < -0.39 is 28.5 Å². The second-order valence-corrected chi connectivity index (χ2v) is 11.8. The minimum absolute atomic E-state index is 0.101. The van der Waals surface area contributed by atoms with Crippen LogP contribution in [-0.2, 0) is 26.2 Å². The molecule has 2 aromatic rings. The number of hydrogen-bond acceptors (Lipinski definition) is 6. The van der Waals surface area contributed by atoms with Gasteiger partial charge in [-0.15, -0.1) is 0 Å². The van der Waals surface area contributed by atoms with Crippen molar-refractivity contribution in [1.82, 2.24) is 10.2 Å². The Kier molecular flexibility index (Phi) is 9.14. The van der Waals surface area contributed by atoms with E-state index in [9.17, 15) is 18.0 Å². The van der Waals surface area contributed by atoms with Crippen LogP contribution in [0.3, 0.4) is 0 Å². The van der Waals surface area contributed by atoms with Crippen molar-refractivity contribution in [2.45, 2.75) is 64.1 Å². The molecule has 38 heavy (non-hydrogen) atoms. The summed E-state index contributed by atoms with van der Waals surface area (Å²) in [5.41, 5.74) is 1.15. The molecule has 0 unspecified atom stereocenters. The van der Waals surface area contributed by atoms with Crippen LogP contribution >= 0.6 is 0 Å². The highest BCUT2D eigenvalue weighted by molar-refractivity contribution is 7.92. The predicted octanol–water partition coefficient (Wildman–Crippen LogP) is 3.48. The number of rotatable bonds is 10. The van der Waals surface area contributed by atoms with Gasteiger partial charge >= 0.3 is 0 Å². The number of carbonyl (C=O) groups excluding carboxylic acids is 2. The third-order valence-corrected chi connectivity index (χ3v) is 8.17. The molecule has 0 spiro atoms. The van der Waals surface area contributed by atoms with E-state index in [1.807, 2.05) is 37.3 Å². The lowest BCUT2D eigenvalue weighted by Gasteiger charge is -2.34. The quantitative estimate of drug-likeness (QED) is 0.492. The van der Waals surface area contributed by atoms with Crippen LogP contribution in [-0.4, -0.2) is 63.2 Å². The third kappa shape index (κ3) is 6.98. The van der Waals surface area contributed by atoms with E-state index in [2.05, 4.69) is 5.32 Å². The summed E-state index contributed by atoms with van der Waals surface area (Å²) in [4.78, 5) is 28.8. The first-order valence-corrected chi connectivity index (χ1v) is 15.1. The molecule has 2 aromatic carbocycles. The molecule has 0 aromatic heterocycles. The van der Waals surface area contributed by atoms with Crippen LogP contribution in [0.5, 0.6) is 11.5 Å². The van der Waals surface area contributed by atoms with Crippen molar-refractivity contribution in [3.63, 3.8) is 0 Å². The molecule has 1 aliphatic heterocycles. The molecule has 1 fully saturated rings. The van der Waals surface area contributed by atoms with Crippen molar-refractivity contribution in [2.75, 3.05) is 30.3 Å². The first-order chi connectivity index (χ1) is 18.3. The second-order valence-electron chi connectivity index (χ2n) is 9.87. The van der Waals surface area contributed by atoms with Crippen LogP contribution in [0.15, 0.2) is 48.5 Å². The van der Waals surface area contributed by atoms with Crippen LogP contribution in [0.1, 0.15) is 51.0 Å². The summed E-state index contributed by atoms with van der Waals surface area (Å²) >= 11 is 0. The monoisotopic (exact) mass is 543 g/mol. The molecule has 1 saturated carbocycles. The van der Waals surface area contributed by atoms with Crippen molar-refractivity contribution in [2.24, 2.45) is 0 Å². The highest BCUT2D eigenvalue weighted by Gasteiger charge is 2.33. The van der Waals surface area contributed by atoms with Gasteiger partial charge in [-0.05, 0) is 37.0 Å². The number of nitrogens with zero attached hydrogens (tertiary/aromatic N) is 2. The first kappa shape index (κ1) is 27.8. The van der Waals surface area contributed by atoms with Crippen molar-refractivity contribution in [3.8, 4) is 11.5 Å². The van der Waals surface area contributed by atoms with Gasteiger partial charge < -0.3 is 19.7 Å². The largest absolute Gasteiger partial charge is 0.486 e. The van der Waals surface area contributed by atoms with Crippen molar-refractivity contribution in [3.05, 3.63) is 54.1 Å². The molecule has 206 valence electrons. The Balaban J connectivity index is 1.60. The van der Waals surface area contributed by atoms with Gasteiger partial charge in [0.05, 0.1) is 11.9 Å². The molecule has 0 radical (unpaired) electrons. The van der Waals surface area contributed by atoms with E-state index >= 15 is 0 Å². The zero-order chi connectivity index (χ0) is 27.1. The highest BCUT2D eigenvalue weighted by atomic mass is 32.2. The lowest BCUT2D eigenvalue weighted by Crippen LogP contribution is -2.53. The normalized spacial score (nSPS) is 16.4. The molecule has 1 heterocycles. The number of carbonyl (C=O) groups is 2.